The fourth-order valence-electron chi connectivity index (χ4n) is 2.42. The second kappa shape index (κ2) is 8.31. The summed E-state index contributed by atoms with van der Waals surface area (Å²) in [6.45, 7) is 0. The van der Waals surface area contributed by atoms with Crippen LogP contribution in [0.4, 0.5) is 5.69 Å². The first-order valence-corrected chi connectivity index (χ1v) is 9.16. The second-order valence-corrected chi connectivity index (χ2v) is 6.33. The zero-order chi connectivity index (χ0) is 18.4. The highest BCUT2D eigenvalue weighted by Gasteiger charge is 2.14. The monoisotopic (exact) mass is 363 g/mol. The number of hydrogen-bond donors (Lipinski definition) is 2. The maximum absolute atomic E-state index is 12.1. The van der Waals surface area contributed by atoms with Gasteiger partial charge in [-0.1, -0.05) is 48.5 Å². The van der Waals surface area contributed by atoms with Crippen molar-refractivity contribution < 1.29 is 9.59 Å². The molecule has 0 atom stereocenters. The largest absolute Gasteiger partial charge is 0.329 e. The van der Waals surface area contributed by atoms with E-state index in [1.165, 1.54) is 6.21 Å². The van der Waals surface area contributed by atoms with E-state index in [1.54, 1.807) is 17.8 Å². The Bertz CT molecular complexity index is 963. The van der Waals surface area contributed by atoms with E-state index in [0.717, 1.165) is 21.2 Å². The number of hydrazone groups is 1. The standard InChI is InChI=1S/C20H17N3O2S/c1-26-16-11-9-14(10-12-16)13-21-23-20(25)19(24)22-18-8-4-6-15-5-2-3-7-17(15)18/h2-13H,1H3,(H,22,24)(H,23,25)/b21-13-. The number of rotatable bonds is 4. The Hall–Kier alpha value is -3.12. The summed E-state index contributed by atoms with van der Waals surface area (Å²) in [4.78, 5) is 25.2. The zero-order valence-corrected chi connectivity index (χ0v) is 14.9. The molecule has 3 aromatic carbocycles. The molecule has 0 heterocycles. The van der Waals surface area contributed by atoms with Gasteiger partial charge in [-0.2, -0.15) is 5.10 Å². The van der Waals surface area contributed by atoms with Crippen molar-refractivity contribution in [3.05, 3.63) is 72.3 Å². The Balaban J connectivity index is 1.62. The molecule has 2 amide bonds. The highest BCUT2D eigenvalue weighted by molar-refractivity contribution is 7.98. The van der Waals surface area contributed by atoms with E-state index in [9.17, 15) is 9.59 Å². The highest BCUT2D eigenvalue weighted by Crippen LogP contribution is 2.22. The number of hydrogen-bond acceptors (Lipinski definition) is 4. The van der Waals surface area contributed by atoms with E-state index in [2.05, 4.69) is 15.8 Å². The summed E-state index contributed by atoms with van der Waals surface area (Å²) < 4.78 is 0. The summed E-state index contributed by atoms with van der Waals surface area (Å²) in [7, 11) is 0. The summed E-state index contributed by atoms with van der Waals surface area (Å²) >= 11 is 1.64. The predicted molar refractivity (Wildman–Crippen MR) is 107 cm³/mol. The molecule has 0 aliphatic carbocycles. The smallest absolute Gasteiger partial charge is 0.317 e. The Morgan fingerprint density at radius 2 is 1.65 bits per heavy atom. The van der Waals surface area contributed by atoms with Crippen molar-refractivity contribution in [2.75, 3.05) is 11.6 Å². The first-order chi connectivity index (χ1) is 12.7. The lowest BCUT2D eigenvalue weighted by Crippen LogP contribution is -2.32. The molecule has 5 nitrogen and oxygen atoms in total. The molecule has 3 rings (SSSR count). The van der Waals surface area contributed by atoms with Crippen LogP contribution in [0.2, 0.25) is 0 Å². The van der Waals surface area contributed by atoms with Gasteiger partial charge in [-0.25, -0.2) is 5.43 Å². The number of carbonyl (C=O) groups excluding carboxylic acids is 2. The topological polar surface area (TPSA) is 70.6 Å². The number of thioether (sulfide) groups is 1. The van der Waals surface area contributed by atoms with Crippen LogP contribution in [0, 0.1) is 0 Å². The van der Waals surface area contributed by atoms with Crippen molar-refractivity contribution in [1.29, 1.82) is 0 Å². The Labute approximate surface area is 155 Å². The molecule has 2 N–H and O–H groups in total. The lowest BCUT2D eigenvalue weighted by Gasteiger charge is -2.07. The van der Waals surface area contributed by atoms with E-state index >= 15 is 0 Å². The Kier molecular flexibility index (Phi) is 5.66. The van der Waals surface area contributed by atoms with Crippen LogP contribution in [0.15, 0.2) is 76.7 Å². The fourth-order valence-corrected chi connectivity index (χ4v) is 2.83. The van der Waals surface area contributed by atoms with Crippen LogP contribution in [0.25, 0.3) is 10.8 Å². The predicted octanol–water partition coefficient (Wildman–Crippen LogP) is 3.65. The molecule has 26 heavy (non-hydrogen) atoms. The van der Waals surface area contributed by atoms with Gasteiger partial charge in [0.2, 0.25) is 0 Å². The number of anilines is 1. The minimum absolute atomic E-state index is 0.583. The maximum Gasteiger partial charge on any atom is 0.329 e. The third-order valence-corrected chi connectivity index (χ3v) is 4.48. The molecule has 0 fully saturated rings. The first kappa shape index (κ1) is 17.7. The van der Waals surface area contributed by atoms with Crippen LogP contribution in [0.1, 0.15) is 5.56 Å². The molecule has 0 bridgehead atoms. The third kappa shape index (κ3) is 4.29. The number of fused-ring (bicyclic) bond motifs is 1. The van der Waals surface area contributed by atoms with E-state index in [-0.39, 0.29) is 0 Å². The molecule has 0 saturated heterocycles. The van der Waals surface area contributed by atoms with Gasteiger partial charge in [0.15, 0.2) is 0 Å². The molecule has 130 valence electrons. The van der Waals surface area contributed by atoms with Gasteiger partial charge in [0.1, 0.15) is 0 Å². The number of carbonyl (C=O) groups is 2. The Morgan fingerprint density at radius 3 is 2.42 bits per heavy atom. The molecule has 6 heteroatoms. The van der Waals surface area contributed by atoms with Gasteiger partial charge in [0.05, 0.1) is 6.21 Å². The molecule has 0 saturated carbocycles. The van der Waals surface area contributed by atoms with Crippen molar-refractivity contribution >= 4 is 46.3 Å². The number of nitrogens with zero attached hydrogens (tertiary/aromatic N) is 1. The SMILES string of the molecule is CSc1ccc(/C=N\NC(=O)C(=O)Nc2cccc3ccccc23)cc1. The molecular weight excluding hydrogens is 346 g/mol. The molecular formula is C20H17N3O2S. The van der Waals surface area contributed by atoms with Crippen LogP contribution < -0.4 is 10.7 Å². The molecule has 0 unspecified atom stereocenters. The van der Waals surface area contributed by atoms with E-state index < -0.39 is 11.8 Å². The normalized spacial score (nSPS) is 10.8. The second-order valence-electron chi connectivity index (χ2n) is 5.45. The summed E-state index contributed by atoms with van der Waals surface area (Å²) in [5.74, 6) is -1.59. The van der Waals surface area contributed by atoms with E-state index in [4.69, 9.17) is 0 Å². The molecule has 3 aromatic rings. The van der Waals surface area contributed by atoms with Crippen molar-refractivity contribution in [2.24, 2.45) is 5.10 Å². The van der Waals surface area contributed by atoms with Gasteiger partial charge in [0.25, 0.3) is 0 Å². The van der Waals surface area contributed by atoms with Gasteiger partial charge < -0.3 is 5.32 Å². The van der Waals surface area contributed by atoms with Crippen molar-refractivity contribution in [1.82, 2.24) is 5.43 Å². The first-order valence-electron chi connectivity index (χ1n) is 7.93. The summed E-state index contributed by atoms with van der Waals surface area (Å²) in [5, 5.41) is 8.30. The van der Waals surface area contributed by atoms with Gasteiger partial charge in [0, 0.05) is 16.0 Å². The van der Waals surface area contributed by atoms with Gasteiger partial charge in [-0.05, 0) is 35.4 Å². The quantitative estimate of drug-likeness (QED) is 0.322. The average Bonchev–Trinajstić information content (AvgIpc) is 2.68. The van der Waals surface area contributed by atoms with Crippen LogP contribution in [0.3, 0.4) is 0 Å². The van der Waals surface area contributed by atoms with E-state index in [1.807, 2.05) is 66.9 Å². The molecule has 0 aromatic heterocycles. The van der Waals surface area contributed by atoms with Crippen LogP contribution >= 0.6 is 11.8 Å². The molecule has 0 aliphatic rings. The lowest BCUT2D eigenvalue weighted by atomic mass is 10.1. The Morgan fingerprint density at radius 1 is 0.923 bits per heavy atom. The van der Waals surface area contributed by atoms with E-state index in [0.29, 0.717) is 5.69 Å². The van der Waals surface area contributed by atoms with Crippen molar-refractivity contribution in [2.45, 2.75) is 4.90 Å². The van der Waals surface area contributed by atoms with Gasteiger partial charge in [-0.15, -0.1) is 11.8 Å². The fraction of sp³-hybridized carbons (Fsp3) is 0.0500. The summed E-state index contributed by atoms with van der Waals surface area (Å²) in [6, 6.07) is 20.8. The van der Waals surface area contributed by atoms with Crippen molar-refractivity contribution in [3.8, 4) is 0 Å². The third-order valence-electron chi connectivity index (χ3n) is 3.74. The minimum Gasteiger partial charge on any atom is -0.317 e. The summed E-state index contributed by atoms with van der Waals surface area (Å²) in [6.07, 6.45) is 3.49. The van der Waals surface area contributed by atoms with Crippen LogP contribution in [0.5, 0.6) is 0 Å². The zero-order valence-electron chi connectivity index (χ0n) is 14.1. The van der Waals surface area contributed by atoms with Crippen LogP contribution in [-0.4, -0.2) is 24.3 Å². The minimum atomic E-state index is -0.824. The number of benzene rings is 3. The number of amides is 2. The number of nitrogens with one attached hydrogen (secondary N) is 2. The van der Waals surface area contributed by atoms with Gasteiger partial charge in [-0.3, -0.25) is 9.59 Å². The molecule has 0 radical (unpaired) electrons. The van der Waals surface area contributed by atoms with Crippen LogP contribution in [-0.2, 0) is 9.59 Å². The molecule has 0 spiro atoms. The average molecular weight is 363 g/mol. The highest BCUT2D eigenvalue weighted by atomic mass is 32.2. The summed E-state index contributed by atoms with van der Waals surface area (Å²) in [5.41, 5.74) is 3.66. The maximum atomic E-state index is 12.1. The molecule has 0 aliphatic heterocycles. The van der Waals surface area contributed by atoms with Gasteiger partial charge >= 0.3 is 11.8 Å². The van der Waals surface area contributed by atoms with Crippen molar-refractivity contribution in [3.63, 3.8) is 0 Å². The lowest BCUT2D eigenvalue weighted by molar-refractivity contribution is -0.136.